The van der Waals surface area contributed by atoms with Crippen LogP contribution in [0.2, 0.25) is 0 Å². The molecule has 1 aliphatic heterocycles. The molecule has 0 saturated carbocycles. The lowest BCUT2D eigenvalue weighted by Gasteiger charge is -2.20. The molecule has 24 heavy (non-hydrogen) atoms. The predicted molar refractivity (Wildman–Crippen MR) is 109 cm³/mol. The van der Waals surface area contributed by atoms with Crippen molar-refractivity contribution in [3.63, 3.8) is 0 Å². The smallest absolute Gasteiger partial charge is 0.211 e. The van der Waals surface area contributed by atoms with Crippen LogP contribution in [-0.4, -0.2) is 44.1 Å². The van der Waals surface area contributed by atoms with Crippen molar-refractivity contribution in [3.8, 4) is 0 Å². The molecule has 1 saturated heterocycles. The maximum absolute atomic E-state index is 11.7. The third-order valence-corrected chi connectivity index (χ3v) is 5.93. The molecule has 6 nitrogen and oxygen atoms in total. The average molecular weight is 464 g/mol. The predicted octanol–water partition coefficient (Wildman–Crippen LogP) is 1.94. The van der Waals surface area contributed by atoms with Gasteiger partial charge in [-0.1, -0.05) is 6.07 Å². The van der Waals surface area contributed by atoms with Gasteiger partial charge in [-0.3, -0.25) is 4.99 Å². The molecule has 8 heteroatoms. The average Bonchev–Trinajstić information content (AvgIpc) is 3.12. The number of aliphatic imine (C=N–C) groups is 1. The van der Waals surface area contributed by atoms with Gasteiger partial charge in [-0.25, -0.2) is 8.42 Å². The number of sulfonamides is 1. The van der Waals surface area contributed by atoms with Crippen molar-refractivity contribution in [1.29, 1.82) is 0 Å². The van der Waals surface area contributed by atoms with Gasteiger partial charge in [0, 0.05) is 18.3 Å². The lowest BCUT2D eigenvalue weighted by atomic mass is 10.1. The first-order valence-corrected chi connectivity index (χ1v) is 9.94. The first-order valence-electron chi connectivity index (χ1n) is 8.09. The summed E-state index contributed by atoms with van der Waals surface area (Å²) < 4.78 is 25.0. The Morgan fingerprint density at radius 3 is 2.83 bits per heavy atom. The van der Waals surface area contributed by atoms with Crippen molar-refractivity contribution in [3.05, 3.63) is 29.3 Å². The van der Waals surface area contributed by atoms with Crippen LogP contribution in [0, 0.1) is 0 Å². The summed E-state index contributed by atoms with van der Waals surface area (Å²) in [6.45, 7) is 0.980. The van der Waals surface area contributed by atoms with E-state index in [1.54, 1.807) is 0 Å². The lowest BCUT2D eigenvalue weighted by Crippen LogP contribution is -2.37. The van der Waals surface area contributed by atoms with Crippen molar-refractivity contribution < 1.29 is 8.42 Å². The number of hydrogen-bond donors (Lipinski definition) is 2. The Morgan fingerprint density at radius 1 is 1.33 bits per heavy atom. The van der Waals surface area contributed by atoms with Crippen LogP contribution >= 0.6 is 24.0 Å². The van der Waals surface area contributed by atoms with Crippen molar-refractivity contribution >= 4 is 45.6 Å². The Morgan fingerprint density at radius 2 is 2.08 bits per heavy atom. The van der Waals surface area contributed by atoms with Gasteiger partial charge in [-0.15, -0.1) is 24.0 Å². The van der Waals surface area contributed by atoms with Gasteiger partial charge in [0.1, 0.15) is 0 Å². The second-order valence-electron chi connectivity index (χ2n) is 6.36. The van der Waals surface area contributed by atoms with E-state index in [0.717, 1.165) is 31.4 Å². The summed E-state index contributed by atoms with van der Waals surface area (Å²) in [4.78, 5) is 4.34. The van der Waals surface area contributed by atoms with Crippen LogP contribution in [0.4, 0.5) is 5.69 Å². The summed E-state index contributed by atoms with van der Waals surface area (Å²) in [7, 11) is -3.16. The minimum atomic E-state index is -3.16. The Bertz CT molecular complexity index is 721. The molecule has 0 bridgehead atoms. The van der Waals surface area contributed by atoms with Crippen molar-refractivity contribution in [2.45, 2.75) is 38.1 Å². The fourth-order valence-electron chi connectivity index (χ4n) is 3.47. The van der Waals surface area contributed by atoms with E-state index in [0.29, 0.717) is 19.0 Å². The molecule has 0 radical (unpaired) electrons. The highest BCUT2D eigenvalue weighted by Crippen LogP contribution is 2.25. The molecule has 134 valence electrons. The number of guanidine groups is 1. The molecule has 0 unspecified atom stereocenters. The van der Waals surface area contributed by atoms with Gasteiger partial charge in [-0.05, 0) is 55.4 Å². The van der Waals surface area contributed by atoms with Crippen molar-refractivity contribution in [2.75, 3.05) is 24.7 Å². The minimum absolute atomic E-state index is 0. The molecule has 1 aromatic carbocycles. The van der Waals surface area contributed by atoms with E-state index in [1.165, 1.54) is 28.1 Å². The first kappa shape index (κ1) is 19.5. The normalized spacial score (nSPS) is 21.4. The van der Waals surface area contributed by atoms with Crippen LogP contribution in [0.25, 0.3) is 0 Å². The van der Waals surface area contributed by atoms with Crippen molar-refractivity contribution in [1.82, 2.24) is 4.31 Å². The second-order valence-corrected chi connectivity index (χ2v) is 8.29. The number of hydrogen-bond acceptors (Lipinski definition) is 3. The molecule has 1 aromatic rings. The topological polar surface area (TPSA) is 87.8 Å². The molecule has 1 fully saturated rings. The van der Waals surface area contributed by atoms with Gasteiger partial charge in [0.15, 0.2) is 5.96 Å². The number of rotatable bonds is 4. The molecule has 0 amide bonds. The van der Waals surface area contributed by atoms with Gasteiger partial charge in [-0.2, -0.15) is 4.31 Å². The van der Waals surface area contributed by atoms with Gasteiger partial charge in [0.25, 0.3) is 0 Å². The maximum Gasteiger partial charge on any atom is 0.211 e. The Kier molecular flexibility index (Phi) is 6.49. The third-order valence-electron chi connectivity index (χ3n) is 4.59. The standard InChI is InChI=1S/C16H24N4O2S.HI/c1-23(21,22)20-9-3-6-15(20)11-18-16(17)19-14-8-7-12-4-2-5-13(12)10-14;/h7-8,10,15H,2-6,9,11H2,1H3,(H3,17,18,19);1H/t15-;/m1./s1. The highest BCUT2D eigenvalue weighted by molar-refractivity contribution is 14.0. The van der Waals surface area contributed by atoms with Crippen LogP contribution in [0.15, 0.2) is 23.2 Å². The van der Waals surface area contributed by atoms with E-state index >= 15 is 0 Å². The minimum Gasteiger partial charge on any atom is -0.370 e. The van der Waals surface area contributed by atoms with E-state index in [4.69, 9.17) is 5.73 Å². The van der Waals surface area contributed by atoms with Gasteiger partial charge in [0.2, 0.25) is 10.0 Å². The van der Waals surface area contributed by atoms with Gasteiger partial charge in [0.05, 0.1) is 12.8 Å². The monoisotopic (exact) mass is 464 g/mol. The molecule has 1 atom stereocenters. The van der Waals surface area contributed by atoms with E-state index in [2.05, 4.69) is 22.4 Å². The summed E-state index contributed by atoms with van der Waals surface area (Å²) >= 11 is 0. The molecule has 1 heterocycles. The zero-order valence-corrected chi connectivity index (χ0v) is 17.0. The van der Waals surface area contributed by atoms with Crippen LogP contribution in [0.3, 0.4) is 0 Å². The van der Waals surface area contributed by atoms with Gasteiger partial charge < -0.3 is 11.1 Å². The number of halogens is 1. The molecular formula is C16H25IN4O2S. The van der Waals surface area contributed by atoms with Crippen LogP contribution in [0.1, 0.15) is 30.4 Å². The number of benzene rings is 1. The molecular weight excluding hydrogens is 439 g/mol. The van der Waals surface area contributed by atoms with Crippen LogP contribution in [-0.2, 0) is 22.9 Å². The van der Waals surface area contributed by atoms with E-state index in [1.807, 2.05) is 6.07 Å². The zero-order chi connectivity index (χ0) is 16.4. The number of nitrogens with zero attached hydrogens (tertiary/aromatic N) is 2. The number of nitrogens with two attached hydrogens (primary N) is 1. The summed E-state index contributed by atoms with van der Waals surface area (Å²) in [6.07, 6.45) is 6.45. The molecule has 1 aliphatic carbocycles. The number of anilines is 1. The summed E-state index contributed by atoms with van der Waals surface area (Å²) in [5.74, 6) is 0.336. The Labute approximate surface area is 161 Å². The van der Waals surface area contributed by atoms with E-state index in [-0.39, 0.29) is 30.0 Å². The fourth-order valence-corrected chi connectivity index (χ4v) is 4.64. The fraction of sp³-hybridized carbons (Fsp3) is 0.562. The van der Waals surface area contributed by atoms with Crippen molar-refractivity contribution in [2.24, 2.45) is 10.7 Å². The summed E-state index contributed by atoms with van der Waals surface area (Å²) in [6, 6.07) is 6.21. The molecule has 0 spiro atoms. The number of fused-ring (bicyclic) bond motifs is 1. The maximum atomic E-state index is 11.7. The molecule has 3 N–H and O–H groups in total. The Hall–Kier alpha value is -0.870. The summed E-state index contributed by atoms with van der Waals surface area (Å²) in [5.41, 5.74) is 9.69. The highest BCUT2D eigenvalue weighted by Gasteiger charge is 2.31. The quantitative estimate of drug-likeness (QED) is 0.405. The lowest BCUT2D eigenvalue weighted by molar-refractivity contribution is 0.397. The largest absolute Gasteiger partial charge is 0.370 e. The molecule has 3 rings (SSSR count). The number of nitrogens with one attached hydrogen (secondary N) is 1. The van der Waals surface area contributed by atoms with Crippen LogP contribution in [0.5, 0.6) is 0 Å². The zero-order valence-electron chi connectivity index (χ0n) is 13.9. The SMILES string of the molecule is CS(=O)(=O)N1CCC[C@@H]1CN=C(N)Nc1ccc2c(c1)CCC2.I. The summed E-state index contributed by atoms with van der Waals surface area (Å²) in [5, 5.41) is 3.11. The highest BCUT2D eigenvalue weighted by atomic mass is 127. The second kappa shape index (κ2) is 8.01. The Balaban J connectivity index is 0.00000208. The molecule has 0 aromatic heterocycles. The first-order chi connectivity index (χ1) is 10.9. The van der Waals surface area contributed by atoms with E-state index < -0.39 is 10.0 Å². The number of aryl methyl sites for hydroxylation is 2. The van der Waals surface area contributed by atoms with E-state index in [9.17, 15) is 8.42 Å². The van der Waals surface area contributed by atoms with Gasteiger partial charge >= 0.3 is 0 Å². The third kappa shape index (κ3) is 4.60. The van der Waals surface area contributed by atoms with Crippen LogP contribution < -0.4 is 11.1 Å². The molecule has 2 aliphatic rings.